The fraction of sp³-hybridized carbons (Fsp3) is 0.438. The number of morpholine rings is 1. The van der Waals surface area contributed by atoms with E-state index in [0.29, 0.717) is 25.6 Å². The van der Waals surface area contributed by atoms with Crippen LogP contribution in [-0.2, 0) is 4.74 Å². The number of H-pyrrole nitrogens is 1. The minimum absolute atomic E-state index is 0.124. The van der Waals surface area contributed by atoms with Gasteiger partial charge in [0.05, 0.1) is 19.3 Å². The number of rotatable bonds is 5. The van der Waals surface area contributed by atoms with Crippen LogP contribution in [0.4, 0.5) is 4.39 Å². The summed E-state index contributed by atoms with van der Waals surface area (Å²) in [6, 6.07) is 6.21. The molecule has 0 spiro atoms. The first-order valence-electron chi connectivity index (χ1n) is 7.44. The van der Waals surface area contributed by atoms with E-state index in [1.807, 2.05) is 13.1 Å². The number of benzene rings is 1. The van der Waals surface area contributed by atoms with Gasteiger partial charge in [0, 0.05) is 25.0 Å². The zero-order valence-electron chi connectivity index (χ0n) is 12.6. The highest BCUT2D eigenvalue weighted by atomic mass is 19.1. The fourth-order valence-corrected chi connectivity index (χ4v) is 2.57. The molecule has 118 valence electrons. The number of nitrogens with zero attached hydrogens (tertiary/aromatic N) is 2. The number of hydrogen-bond acceptors (Lipinski definition) is 4. The van der Waals surface area contributed by atoms with E-state index in [1.165, 1.54) is 12.1 Å². The van der Waals surface area contributed by atoms with Crippen molar-refractivity contribution in [2.45, 2.75) is 13.0 Å². The van der Waals surface area contributed by atoms with Crippen LogP contribution in [0.3, 0.4) is 0 Å². The van der Waals surface area contributed by atoms with Crippen LogP contribution in [0.15, 0.2) is 30.5 Å². The molecule has 2 aromatic rings. The summed E-state index contributed by atoms with van der Waals surface area (Å²) in [6.45, 7) is 5.49. The van der Waals surface area contributed by atoms with E-state index in [9.17, 15) is 4.39 Å². The van der Waals surface area contributed by atoms with Crippen LogP contribution in [0.5, 0.6) is 5.75 Å². The van der Waals surface area contributed by atoms with Crippen molar-refractivity contribution in [3.63, 3.8) is 0 Å². The third-order valence-electron chi connectivity index (χ3n) is 3.74. The minimum Gasteiger partial charge on any atom is -0.492 e. The molecule has 0 bridgehead atoms. The molecule has 1 N–H and O–H groups in total. The Labute approximate surface area is 129 Å². The molecule has 6 heteroatoms. The van der Waals surface area contributed by atoms with Crippen LogP contribution < -0.4 is 4.74 Å². The van der Waals surface area contributed by atoms with Gasteiger partial charge in [-0.3, -0.25) is 4.90 Å². The summed E-state index contributed by atoms with van der Waals surface area (Å²) in [4.78, 5) is 9.98. The summed E-state index contributed by atoms with van der Waals surface area (Å²) in [7, 11) is 0. The van der Waals surface area contributed by atoms with Crippen LogP contribution in [0, 0.1) is 12.7 Å². The maximum absolute atomic E-state index is 12.9. The lowest BCUT2D eigenvalue weighted by Crippen LogP contribution is -2.42. The summed E-state index contributed by atoms with van der Waals surface area (Å²) in [6.07, 6.45) is 1.83. The lowest BCUT2D eigenvalue weighted by molar-refractivity contribution is -0.0161. The third-order valence-corrected chi connectivity index (χ3v) is 3.74. The Bertz CT molecular complexity index is 600. The molecule has 22 heavy (non-hydrogen) atoms. The van der Waals surface area contributed by atoms with Gasteiger partial charge in [-0.15, -0.1) is 0 Å². The van der Waals surface area contributed by atoms with Crippen molar-refractivity contribution >= 4 is 0 Å². The van der Waals surface area contributed by atoms with Crippen LogP contribution in [0.1, 0.15) is 17.6 Å². The maximum atomic E-state index is 12.9. The smallest absolute Gasteiger partial charge is 0.126 e. The highest BCUT2D eigenvalue weighted by Gasteiger charge is 2.26. The summed E-state index contributed by atoms with van der Waals surface area (Å²) in [5, 5.41) is 0. The van der Waals surface area contributed by atoms with Gasteiger partial charge in [0.2, 0.25) is 0 Å². The predicted octanol–water partition coefficient (Wildman–Crippen LogP) is 2.31. The number of imidazole rings is 1. The molecular weight excluding hydrogens is 285 g/mol. The van der Waals surface area contributed by atoms with Gasteiger partial charge in [0.15, 0.2) is 0 Å². The molecule has 0 radical (unpaired) electrons. The number of aromatic nitrogens is 2. The van der Waals surface area contributed by atoms with Gasteiger partial charge < -0.3 is 14.5 Å². The number of halogens is 1. The molecule has 0 amide bonds. The highest BCUT2D eigenvalue weighted by molar-refractivity contribution is 5.22. The zero-order chi connectivity index (χ0) is 15.4. The third kappa shape index (κ3) is 3.64. The van der Waals surface area contributed by atoms with Gasteiger partial charge in [-0.1, -0.05) is 0 Å². The molecule has 1 atom stereocenters. The van der Waals surface area contributed by atoms with Crippen molar-refractivity contribution in [3.8, 4) is 5.75 Å². The lowest BCUT2D eigenvalue weighted by atomic mass is 10.2. The van der Waals surface area contributed by atoms with Gasteiger partial charge in [0.25, 0.3) is 0 Å². The molecule has 0 saturated carbocycles. The van der Waals surface area contributed by atoms with Crippen LogP contribution in [-0.4, -0.2) is 47.8 Å². The van der Waals surface area contributed by atoms with E-state index in [-0.39, 0.29) is 11.9 Å². The Kier molecular flexibility index (Phi) is 4.70. The molecule has 1 saturated heterocycles. The van der Waals surface area contributed by atoms with Crippen molar-refractivity contribution in [1.29, 1.82) is 0 Å². The first kappa shape index (κ1) is 15.0. The molecule has 3 rings (SSSR count). The summed E-state index contributed by atoms with van der Waals surface area (Å²) >= 11 is 0. The first-order valence-corrected chi connectivity index (χ1v) is 7.44. The molecule has 0 aliphatic carbocycles. The lowest BCUT2D eigenvalue weighted by Gasteiger charge is -2.34. The van der Waals surface area contributed by atoms with Crippen molar-refractivity contribution < 1.29 is 13.9 Å². The number of nitrogens with one attached hydrogen (secondary N) is 1. The first-order chi connectivity index (χ1) is 10.7. The average molecular weight is 305 g/mol. The number of hydrogen-bond donors (Lipinski definition) is 1. The minimum atomic E-state index is -0.256. The summed E-state index contributed by atoms with van der Waals surface area (Å²) in [5.74, 6) is 1.35. The Morgan fingerprint density at radius 3 is 2.95 bits per heavy atom. The van der Waals surface area contributed by atoms with Crippen LogP contribution in [0.2, 0.25) is 0 Å². The normalized spacial score (nSPS) is 19.3. The molecule has 2 heterocycles. The predicted molar refractivity (Wildman–Crippen MR) is 80.4 cm³/mol. The van der Waals surface area contributed by atoms with Crippen molar-refractivity contribution in [2.24, 2.45) is 0 Å². The quantitative estimate of drug-likeness (QED) is 0.921. The molecule has 0 unspecified atom stereocenters. The topological polar surface area (TPSA) is 50.4 Å². The Balaban J connectivity index is 1.56. The van der Waals surface area contributed by atoms with Gasteiger partial charge >= 0.3 is 0 Å². The molecular formula is C16H20FN3O2. The Morgan fingerprint density at radius 2 is 2.23 bits per heavy atom. The van der Waals surface area contributed by atoms with E-state index < -0.39 is 0 Å². The second kappa shape index (κ2) is 6.89. The largest absolute Gasteiger partial charge is 0.492 e. The number of aromatic amines is 1. The molecule has 1 fully saturated rings. The molecule has 1 aromatic carbocycles. The second-order valence-electron chi connectivity index (χ2n) is 5.38. The number of aryl methyl sites for hydroxylation is 1. The number of ether oxygens (including phenoxy) is 2. The summed E-state index contributed by atoms with van der Waals surface area (Å²) < 4.78 is 24.1. The zero-order valence-corrected chi connectivity index (χ0v) is 12.6. The van der Waals surface area contributed by atoms with E-state index in [1.54, 1.807) is 12.1 Å². The Hall–Kier alpha value is -1.92. The van der Waals surface area contributed by atoms with E-state index in [4.69, 9.17) is 9.47 Å². The van der Waals surface area contributed by atoms with Crippen LogP contribution >= 0.6 is 0 Å². The molecule has 1 aliphatic heterocycles. The van der Waals surface area contributed by atoms with Gasteiger partial charge in [0.1, 0.15) is 24.0 Å². The molecule has 1 aliphatic rings. The SMILES string of the molecule is Cc1cnc([C@H]2COCCN2CCOc2ccc(F)cc2)[nH]1. The molecule has 5 nitrogen and oxygen atoms in total. The van der Waals surface area contributed by atoms with Crippen molar-refractivity contribution in [2.75, 3.05) is 32.9 Å². The van der Waals surface area contributed by atoms with Gasteiger partial charge in [-0.2, -0.15) is 0 Å². The molecule has 1 aromatic heterocycles. The van der Waals surface area contributed by atoms with Gasteiger partial charge in [-0.25, -0.2) is 9.37 Å². The Morgan fingerprint density at radius 1 is 1.41 bits per heavy atom. The van der Waals surface area contributed by atoms with E-state index in [2.05, 4.69) is 14.9 Å². The van der Waals surface area contributed by atoms with Gasteiger partial charge in [-0.05, 0) is 31.2 Å². The second-order valence-corrected chi connectivity index (χ2v) is 5.38. The highest BCUT2D eigenvalue weighted by Crippen LogP contribution is 2.21. The summed E-state index contributed by atoms with van der Waals surface area (Å²) in [5.41, 5.74) is 1.04. The maximum Gasteiger partial charge on any atom is 0.126 e. The monoisotopic (exact) mass is 305 g/mol. The van der Waals surface area contributed by atoms with Crippen molar-refractivity contribution in [3.05, 3.63) is 47.8 Å². The van der Waals surface area contributed by atoms with Crippen LogP contribution in [0.25, 0.3) is 0 Å². The standard InChI is InChI=1S/C16H20FN3O2/c1-12-10-18-16(19-12)15-11-21-8-6-20(15)7-9-22-14-4-2-13(17)3-5-14/h2-5,10,15H,6-9,11H2,1H3,(H,18,19)/t15-/m1/s1. The van der Waals surface area contributed by atoms with E-state index in [0.717, 1.165) is 24.6 Å². The fourth-order valence-electron chi connectivity index (χ4n) is 2.57. The van der Waals surface area contributed by atoms with Crippen molar-refractivity contribution in [1.82, 2.24) is 14.9 Å². The van der Waals surface area contributed by atoms with E-state index >= 15 is 0 Å². The average Bonchev–Trinajstić information content (AvgIpc) is 2.96.